The zero-order valence-corrected chi connectivity index (χ0v) is 15.6. The fourth-order valence-corrected chi connectivity index (χ4v) is 3.94. The van der Waals surface area contributed by atoms with Crippen molar-refractivity contribution in [2.75, 3.05) is 6.54 Å². The van der Waals surface area contributed by atoms with Crippen LogP contribution in [0.25, 0.3) is 16.6 Å². The Bertz CT molecular complexity index is 1190. The number of nitrogens with zero attached hydrogens (tertiary/aromatic N) is 5. The van der Waals surface area contributed by atoms with Crippen LogP contribution in [0.3, 0.4) is 0 Å². The first-order chi connectivity index (χ1) is 14.2. The topological polar surface area (TPSA) is 63.4 Å². The Morgan fingerprint density at radius 2 is 1.93 bits per heavy atom. The highest BCUT2D eigenvalue weighted by atomic mass is 19.1. The van der Waals surface area contributed by atoms with Crippen molar-refractivity contribution in [2.24, 2.45) is 0 Å². The molecule has 5 rings (SSSR count). The summed E-state index contributed by atoms with van der Waals surface area (Å²) in [6.45, 7) is 0.687. The van der Waals surface area contributed by atoms with Crippen molar-refractivity contribution in [1.82, 2.24) is 24.7 Å². The van der Waals surface area contributed by atoms with Crippen molar-refractivity contribution in [3.05, 3.63) is 84.2 Å². The quantitative estimate of drug-likeness (QED) is 0.535. The van der Waals surface area contributed by atoms with E-state index in [4.69, 9.17) is 0 Å². The molecule has 1 fully saturated rings. The maximum absolute atomic E-state index is 13.6. The molecule has 0 saturated carbocycles. The van der Waals surface area contributed by atoms with Gasteiger partial charge in [-0.25, -0.2) is 8.91 Å². The highest BCUT2D eigenvalue weighted by molar-refractivity contribution is 5.94. The second kappa shape index (κ2) is 7.09. The van der Waals surface area contributed by atoms with Gasteiger partial charge in [0.15, 0.2) is 0 Å². The van der Waals surface area contributed by atoms with E-state index in [1.54, 1.807) is 35.1 Å². The number of benzene rings is 1. The second-order valence-corrected chi connectivity index (χ2v) is 7.13. The minimum absolute atomic E-state index is 0.0209. The fraction of sp³-hybridized carbons (Fsp3) is 0.182. The Balaban J connectivity index is 1.49. The third-order valence-corrected chi connectivity index (χ3v) is 5.35. The number of fused-ring (bicyclic) bond motifs is 1. The first kappa shape index (κ1) is 17.5. The molecule has 1 aliphatic heterocycles. The summed E-state index contributed by atoms with van der Waals surface area (Å²) in [7, 11) is 0. The lowest BCUT2D eigenvalue weighted by molar-refractivity contribution is 0.0733. The maximum atomic E-state index is 13.6. The van der Waals surface area contributed by atoms with Crippen molar-refractivity contribution in [1.29, 1.82) is 0 Å². The van der Waals surface area contributed by atoms with E-state index < -0.39 is 0 Å². The summed E-state index contributed by atoms with van der Waals surface area (Å²) in [6.07, 6.45) is 6.85. The lowest BCUT2D eigenvalue weighted by atomic mass is 10.1. The first-order valence-electron chi connectivity index (χ1n) is 9.52. The van der Waals surface area contributed by atoms with Gasteiger partial charge in [-0.3, -0.25) is 9.78 Å². The molecule has 0 aliphatic carbocycles. The standard InChI is InChI=1S/C22H18FN5O/c23-18-4-1-3-16(13-18)17-6-7-20-21(25-26-28(20)14-17)19-5-2-12-27(19)22(29)15-8-10-24-11-9-15/h1,3-4,6-11,13-14,19H,2,5,12H2. The van der Waals surface area contributed by atoms with Gasteiger partial charge < -0.3 is 4.90 Å². The molecule has 6 nitrogen and oxygen atoms in total. The van der Waals surface area contributed by atoms with Crippen LogP contribution < -0.4 is 0 Å². The van der Waals surface area contributed by atoms with E-state index in [2.05, 4.69) is 15.3 Å². The first-order valence-corrected chi connectivity index (χ1v) is 9.52. The van der Waals surface area contributed by atoms with Gasteiger partial charge in [0.1, 0.15) is 11.5 Å². The molecule has 1 aromatic carbocycles. The summed E-state index contributed by atoms with van der Waals surface area (Å²) in [5.74, 6) is -0.300. The van der Waals surface area contributed by atoms with Crippen LogP contribution in [0.2, 0.25) is 0 Å². The van der Waals surface area contributed by atoms with Crippen LogP contribution >= 0.6 is 0 Å². The predicted molar refractivity (Wildman–Crippen MR) is 106 cm³/mol. The normalized spacial score (nSPS) is 16.4. The van der Waals surface area contributed by atoms with Crippen molar-refractivity contribution in [3.63, 3.8) is 0 Å². The van der Waals surface area contributed by atoms with Crippen LogP contribution in [-0.2, 0) is 0 Å². The van der Waals surface area contributed by atoms with Gasteiger partial charge in [-0.2, -0.15) is 0 Å². The summed E-state index contributed by atoms with van der Waals surface area (Å²) in [5, 5.41) is 8.65. The minimum Gasteiger partial charge on any atom is -0.330 e. The van der Waals surface area contributed by atoms with Gasteiger partial charge >= 0.3 is 0 Å². The van der Waals surface area contributed by atoms with E-state index in [0.29, 0.717) is 12.1 Å². The van der Waals surface area contributed by atoms with E-state index in [1.165, 1.54) is 12.1 Å². The monoisotopic (exact) mass is 387 g/mol. The van der Waals surface area contributed by atoms with E-state index >= 15 is 0 Å². The number of amides is 1. The van der Waals surface area contributed by atoms with Crippen LogP contribution in [-0.4, -0.2) is 37.2 Å². The van der Waals surface area contributed by atoms with Crippen LogP contribution in [0.15, 0.2) is 67.1 Å². The van der Waals surface area contributed by atoms with E-state index in [9.17, 15) is 9.18 Å². The third-order valence-electron chi connectivity index (χ3n) is 5.35. The van der Waals surface area contributed by atoms with Crippen LogP contribution in [0.4, 0.5) is 4.39 Å². The number of carbonyl (C=O) groups excluding carboxylic acids is 1. The average Bonchev–Trinajstić information content (AvgIpc) is 3.40. The molecule has 0 N–H and O–H groups in total. The molecule has 7 heteroatoms. The summed E-state index contributed by atoms with van der Waals surface area (Å²) in [6, 6.07) is 13.7. The molecule has 3 aromatic heterocycles. The molecule has 1 atom stereocenters. The molecule has 144 valence electrons. The second-order valence-electron chi connectivity index (χ2n) is 7.13. The van der Waals surface area contributed by atoms with Gasteiger partial charge in [0.2, 0.25) is 0 Å². The minimum atomic E-state index is -0.280. The van der Waals surface area contributed by atoms with Crippen molar-refractivity contribution in [3.8, 4) is 11.1 Å². The number of hydrogen-bond donors (Lipinski definition) is 0. The summed E-state index contributed by atoms with van der Waals surface area (Å²) in [4.78, 5) is 18.8. The number of carbonyl (C=O) groups is 1. The van der Waals surface area contributed by atoms with E-state index in [1.807, 2.05) is 29.3 Å². The van der Waals surface area contributed by atoms with Gasteiger partial charge in [-0.05, 0) is 48.7 Å². The third kappa shape index (κ3) is 3.14. The van der Waals surface area contributed by atoms with Crippen LogP contribution in [0, 0.1) is 5.82 Å². The maximum Gasteiger partial charge on any atom is 0.254 e. The predicted octanol–water partition coefficient (Wildman–Crippen LogP) is 3.91. The Hall–Kier alpha value is -3.61. The van der Waals surface area contributed by atoms with Gasteiger partial charge in [0.25, 0.3) is 5.91 Å². The molecule has 0 spiro atoms. The van der Waals surface area contributed by atoms with E-state index in [-0.39, 0.29) is 17.8 Å². The highest BCUT2D eigenvalue weighted by Gasteiger charge is 2.33. The lowest BCUT2D eigenvalue weighted by Gasteiger charge is -2.23. The molecular formula is C22H18FN5O. The lowest BCUT2D eigenvalue weighted by Crippen LogP contribution is -2.30. The van der Waals surface area contributed by atoms with Crippen molar-refractivity contribution >= 4 is 11.4 Å². The molecule has 0 bridgehead atoms. The summed E-state index contributed by atoms with van der Waals surface area (Å²) < 4.78 is 15.3. The Labute approximate surface area is 166 Å². The number of rotatable bonds is 3. The van der Waals surface area contributed by atoms with Crippen molar-refractivity contribution in [2.45, 2.75) is 18.9 Å². The van der Waals surface area contributed by atoms with Gasteiger partial charge in [-0.1, -0.05) is 23.4 Å². The zero-order chi connectivity index (χ0) is 19.8. The van der Waals surface area contributed by atoms with Gasteiger partial charge in [-0.15, -0.1) is 5.10 Å². The smallest absolute Gasteiger partial charge is 0.254 e. The molecule has 1 saturated heterocycles. The molecule has 4 aromatic rings. The molecular weight excluding hydrogens is 369 g/mol. The molecule has 0 radical (unpaired) electrons. The molecule has 1 amide bonds. The molecule has 4 heterocycles. The summed E-state index contributed by atoms with van der Waals surface area (Å²) in [5.41, 5.74) is 3.89. The number of hydrogen-bond acceptors (Lipinski definition) is 4. The number of aromatic nitrogens is 4. The van der Waals surface area contributed by atoms with Crippen LogP contribution in [0.5, 0.6) is 0 Å². The Kier molecular flexibility index (Phi) is 4.27. The molecule has 29 heavy (non-hydrogen) atoms. The Morgan fingerprint density at radius 3 is 2.76 bits per heavy atom. The molecule has 1 unspecified atom stereocenters. The van der Waals surface area contributed by atoms with E-state index in [0.717, 1.165) is 35.2 Å². The highest BCUT2D eigenvalue weighted by Crippen LogP contribution is 2.34. The SMILES string of the molecule is O=C(c1ccncc1)N1CCCC1c1nnn2cc(-c3cccc(F)c3)ccc12. The molecule has 1 aliphatic rings. The Morgan fingerprint density at radius 1 is 1.07 bits per heavy atom. The van der Waals surface area contributed by atoms with Gasteiger partial charge in [0.05, 0.1) is 11.6 Å². The largest absolute Gasteiger partial charge is 0.330 e. The fourth-order valence-electron chi connectivity index (χ4n) is 3.94. The zero-order valence-electron chi connectivity index (χ0n) is 15.6. The van der Waals surface area contributed by atoms with Crippen molar-refractivity contribution < 1.29 is 9.18 Å². The number of halogens is 1. The number of likely N-dealkylation sites (tertiary alicyclic amines) is 1. The van der Waals surface area contributed by atoms with Crippen LogP contribution in [0.1, 0.15) is 34.9 Å². The van der Waals surface area contributed by atoms with Gasteiger partial charge in [0, 0.05) is 36.3 Å². The number of pyridine rings is 2. The average molecular weight is 387 g/mol. The summed E-state index contributed by atoms with van der Waals surface area (Å²) >= 11 is 0.